The lowest BCUT2D eigenvalue weighted by Crippen LogP contribution is -2.43. The van der Waals surface area contributed by atoms with Gasteiger partial charge in [-0.15, -0.1) is 0 Å². The van der Waals surface area contributed by atoms with Crippen LogP contribution in [0.4, 0.5) is 18.0 Å². The van der Waals surface area contributed by atoms with Crippen molar-refractivity contribution >= 4 is 11.7 Å². The Morgan fingerprint density at radius 3 is 2.59 bits per heavy atom. The second kappa shape index (κ2) is 13.2. The van der Waals surface area contributed by atoms with Crippen LogP contribution in [0.3, 0.4) is 0 Å². The summed E-state index contributed by atoms with van der Waals surface area (Å²) in [6.07, 6.45) is -1.35. The van der Waals surface area contributed by atoms with E-state index >= 15 is 0 Å². The van der Waals surface area contributed by atoms with Crippen LogP contribution in [-0.2, 0) is 11.2 Å². The lowest BCUT2D eigenvalue weighted by molar-refractivity contribution is 0.0221. The number of ether oxygens (including phenoxy) is 3. The predicted molar refractivity (Wildman–Crippen MR) is 153 cm³/mol. The van der Waals surface area contributed by atoms with Gasteiger partial charge >= 0.3 is 6.09 Å². The average Bonchev–Trinajstić information content (AvgIpc) is 3.27. The average molecular weight is 575 g/mol. The molecule has 224 valence electrons. The highest BCUT2D eigenvalue weighted by Gasteiger charge is 2.40. The second-order valence-corrected chi connectivity index (χ2v) is 11.6. The topological polar surface area (TPSA) is 51.2 Å². The first-order valence-electron chi connectivity index (χ1n) is 14.2. The highest BCUT2D eigenvalue weighted by molar-refractivity contribution is 5.79. The van der Waals surface area contributed by atoms with E-state index in [9.17, 15) is 18.0 Å². The van der Waals surface area contributed by atoms with Gasteiger partial charge in [0, 0.05) is 24.2 Å². The van der Waals surface area contributed by atoms with E-state index in [-0.39, 0.29) is 44.7 Å². The van der Waals surface area contributed by atoms with Crippen molar-refractivity contribution in [1.29, 1.82) is 0 Å². The molecule has 0 saturated carbocycles. The first-order chi connectivity index (χ1) is 19.5. The largest absolute Gasteiger partial charge is 0.496 e. The van der Waals surface area contributed by atoms with Crippen LogP contribution in [0, 0.1) is 0 Å². The number of fused-ring (bicyclic) bond motifs is 2. The number of benzene rings is 2. The molecule has 0 fully saturated rings. The zero-order valence-corrected chi connectivity index (χ0v) is 24.6. The van der Waals surface area contributed by atoms with Gasteiger partial charge in [-0.05, 0) is 81.4 Å². The van der Waals surface area contributed by atoms with E-state index in [1.54, 1.807) is 40.0 Å². The van der Waals surface area contributed by atoms with Gasteiger partial charge in [0.2, 0.25) is 0 Å². The fraction of sp³-hybridized carbons (Fsp3) is 0.531. The Balaban J connectivity index is 1.56. The van der Waals surface area contributed by atoms with Crippen LogP contribution in [0.5, 0.6) is 11.5 Å². The first kappa shape index (κ1) is 30.8. The Morgan fingerprint density at radius 1 is 1.15 bits per heavy atom. The van der Waals surface area contributed by atoms with Gasteiger partial charge in [-0.25, -0.2) is 13.6 Å². The van der Waals surface area contributed by atoms with Crippen LogP contribution < -0.4 is 9.47 Å². The van der Waals surface area contributed by atoms with E-state index in [0.717, 1.165) is 17.6 Å². The third kappa shape index (κ3) is 7.36. The van der Waals surface area contributed by atoms with Crippen molar-refractivity contribution in [2.24, 2.45) is 0 Å². The minimum atomic E-state index is -2.47. The summed E-state index contributed by atoms with van der Waals surface area (Å²) in [6, 6.07) is 13.3. The lowest BCUT2D eigenvalue weighted by Gasteiger charge is -2.42. The molecule has 0 bridgehead atoms. The van der Waals surface area contributed by atoms with Crippen molar-refractivity contribution in [2.75, 3.05) is 40.0 Å². The maximum Gasteiger partial charge on any atom is 0.410 e. The number of rotatable bonds is 11. The maximum absolute atomic E-state index is 13.8. The Kier molecular flexibility index (Phi) is 9.89. The highest BCUT2D eigenvalue weighted by Crippen LogP contribution is 2.50. The van der Waals surface area contributed by atoms with Gasteiger partial charge in [0.1, 0.15) is 23.7 Å². The zero-order chi connectivity index (χ0) is 29.7. The molecule has 1 aliphatic carbocycles. The summed E-state index contributed by atoms with van der Waals surface area (Å²) in [4.78, 5) is 15.9. The van der Waals surface area contributed by atoms with Crippen LogP contribution in [0.1, 0.15) is 63.3 Å². The molecule has 1 heterocycles. The molecule has 0 aromatic heterocycles. The number of hydrogen-bond acceptors (Lipinski definition) is 5. The van der Waals surface area contributed by atoms with Crippen molar-refractivity contribution < 1.29 is 32.2 Å². The SMILES string of the molecule is COc1cc(OCCN(CCCF)C(=O)OC(C)(C)C)ccc1[C@@H]1C2=C(C[C@@H](C)N1CC(F)F)c1ccccc1C2. The number of carbonyl (C=O) groups excluding carboxylic acids is 1. The summed E-state index contributed by atoms with van der Waals surface area (Å²) in [6.45, 7) is 7.07. The molecule has 4 rings (SSSR count). The van der Waals surface area contributed by atoms with E-state index in [2.05, 4.69) is 12.1 Å². The number of methoxy groups -OCH3 is 1. The van der Waals surface area contributed by atoms with Crippen molar-refractivity contribution in [3.63, 3.8) is 0 Å². The van der Waals surface area contributed by atoms with Gasteiger partial charge in [-0.1, -0.05) is 24.3 Å². The molecule has 2 atom stereocenters. The monoisotopic (exact) mass is 574 g/mol. The molecule has 0 N–H and O–H groups in total. The molecule has 0 unspecified atom stereocenters. The number of nitrogens with zero attached hydrogens (tertiary/aromatic N) is 2. The Hall–Kier alpha value is -3.20. The molecule has 1 aliphatic heterocycles. The van der Waals surface area contributed by atoms with Crippen molar-refractivity contribution in [3.05, 3.63) is 64.7 Å². The van der Waals surface area contributed by atoms with Gasteiger partial charge in [0.05, 0.1) is 32.9 Å². The molecule has 2 aliphatic rings. The van der Waals surface area contributed by atoms with E-state index in [1.807, 2.05) is 30.0 Å². The summed E-state index contributed by atoms with van der Waals surface area (Å²) in [5.41, 5.74) is 4.94. The summed E-state index contributed by atoms with van der Waals surface area (Å²) >= 11 is 0. The number of amides is 1. The third-order valence-electron chi connectivity index (χ3n) is 7.53. The fourth-order valence-corrected chi connectivity index (χ4v) is 5.79. The quantitative estimate of drug-likeness (QED) is 0.287. The van der Waals surface area contributed by atoms with Crippen LogP contribution in [0.25, 0.3) is 5.57 Å². The summed E-state index contributed by atoms with van der Waals surface area (Å²) in [7, 11) is 1.56. The van der Waals surface area contributed by atoms with Gasteiger partial charge in [-0.2, -0.15) is 0 Å². The minimum Gasteiger partial charge on any atom is -0.496 e. The molecule has 2 aromatic rings. The van der Waals surface area contributed by atoms with E-state index in [1.165, 1.54) is 21.6 Å². The molecule has 0 spiro atoms. The highest BCUT2D eigenvalue weighted by atomic mass is 19.3. The Labute approximate surface area is 241 Å². The molecular weight excluding hydrogens is 533 g/mol. The minimum absolute atomic E-state index is 0.0808. The summed E-state index contributed by atoms with van der Waals surface area (Å²) in [5, 5.41) is 0. The van der Waals surface area contributed by atoms with Crippen LogP contribution in [-0.4, -0.2) is 74.0 Å². The summed E-state index contributed by atoms with van der Waals surface area (Å²) in [5.74, 6) is 1.07. The Bertz CT molecular complexity index is 1240. The van der Waals surface area contributed by atoms with Crippen LogP contribution in [0.15, 0.2) is 48.0 Å². The molecular formula is C32H41F3N2O4. The van der Waals surface area contributed by atoms with E-state index in [0.29, 0.717) is 17.9 Å². The number of hydrogen-bond donors (Lipinski definition) is 0. The standard InChI is InChI=1S/C32H41F3N2O4/c1-21-17-26-24-10-7-6-9-22(24)18-27(26)30(37(21)20-29(34)35)25-12-11-23(19-28(25)39-5)40-16-15-36(14-8-13-33)31(38)41-32(2,3)4/h6-7,9-12,19,21,29-30H,8,13-18,20H2,1-5H3/t21-,30-/m1/s1. The van der Waals surface area contributed by atoms with Gasteiger partial charge in [-0.3, -0.25) is 9.29 Å². The zero-order valence-electron chi connectivity index (χ0n) is 24.6. The number of alkyl halides is 3. The van der Waals surface area contributed by atoms with E-state index < -0.39 is 24.8 Å². The smallest absolute Gasteiger partial charge is 0.410 e. The third-order valence-corrected chi connectivity index (χ3v) is 7.53. The van der Waals surface area contributed by atoms with Crippen molar-refractivity contribution in [2.45, 2.75) is 71.1 Å². The van der Waals surface area contributed by atoms with Gasteiger partial charge in [0.25, 0.3) is 6.43 Å². The van der Waals surface area contributed by atoms with Crippen LogP contribution >= 0.6 is 0 Å². The molecule has 6 nitrogen and oxygen atoms in total. The molecule has 0 saturated heterocycles. The number of carbonyl (C=O) groups is 1. The Morgan fingerprint density at radius 2 is 1.90 bits per heavy atom. The lowest BCUT2D eigenvalue weighted by atomic mass is 9.85. The summed E-state index contributed by atoms with van der Waals surface area (Å²) < 4.78 is 57.6. The normalized spacial score (nSPS) is 18.8. The van der Waals surface area contributed by atoms with Crippen molar-refractivity contribution in [1.82, 2.24) is 9.80 Å². The van der Waals surface area contributed by atoms with Crippen molar-refractivity contribution in [3.8, 4) is 11.5 Å². The van der Waals surface area contributed by atoms with Gasteiger partial charge < -0.3 is 19.1 Å². The maximum atomic E-state index is 13.8. The first-order valence-corrected chi connectivity index (χ1v) is 14.2. The van der Waals surface area contributed by atoms with E-state index in [4.69, 9.17) is 14.2 Å². The van der Waals surface area contributed by atoms with Gasteiger partial charge in [0.15, 0.2) is 0 Å². The van der Waals surface area contributed by atoms with Crippen LogP contribution in [0.2, 0.25) is 0 Å². The molecule has 9 heteroatoms. The molecule has 0 radical (unpaired) electrons. The molecule has 2 aromatic carbocycles. The number of halogens is 3. The molecule has 41 heavy (non-hydrogen) atoms. The second-order valence-electron chi connectivity index (χ2n) is 11.6. The fourth-order valence-electron chi connectivity index (χ4n) is 5.79. The predicted octanol–water partition coefficient (Wildman–Crippen LogP) is 7.08. The molecule has 1 amide bonds.